The molecular formula is C7H9ClN2O3S2. The van der Waals surface area contributed by atoms with E-state index in [0.29, 0.717) is 4.90 Å². The smallest absolute Gasteiger partial charge is 0.265 e. The first-order valence-electron chi connectivity index (χ1n) is 3.98. The molecule has 0 unspecified atom stereocenters. The Balaban J connectivity index is 3.44. The molecule has 1 heterocycles. The van der Waals surface area contributed by atoms with E-state index in [2.05, 4.69) is 8.75 Å². The third kappa shape index (κ3) is 3.44. The van der Waals surface area contributed by atoms with Crippen molar-refractivity contribution >= 4 is 29.6 Å². The van der Waals surface area contributed by atoms with Crippen molar-refractivity contribution < 1.29 is 12.6 Å². The predicted octanol–water partition coefficient (Wildman–Crippen LogP) is 1.41. The van der Waals surface area contributed by atoms with Gasteiger partial charge in [-0.1, -0.05) is 10.7 Å². The lowest BCUT2D eigenvalue weighted by Crippen LogP contribution is -2.05. The molecule has 0 aliphatic heterocycles. The normalized spacial score (nSPS) is 15.6. The number of pyridine rings is 1. The Bertz CT molecular complexity index is 547. The number of nitrogens with zero attached hydrogens (tertiary/aromatic N) is 2. The van der Waals surface area contributed by atoms with Crippen LogP contribution in [0.1, 0.15) is 6.92 Å². The lowest BCUT2D eigenvalue weighted by Gasteiger charge is -2.04. The zero-order valence-corrected chi connectivity index (χ0v) is 10.2. The molecule has 0 bridgehead atoms. The molecular weight excluding hydrogens is 260 g/mol. The van der Waals surface area contributed by atoms with Crippen molar-refractivity contribution in [2.24, 2.45) is 3.77 Å². The molecule has 5 nitrogen and oxygen atoms in total. The highest BCUT2D eigenvalue weighted by atomic mass is 35.7. The van der Waals surface area contributed by atoms with Crippen LogP contribution in [0, 0.1) is 0 Å². The third-order valence-corrected chi connectivity index (χ3v) is 5.59. The molecule has 84 valence electrons. The summed E-state index contributed by atoms with van der Waals surface area (Å²) < 4.78 is 36.8. The van der Waals surface area contributed by atoms with Crippen LogP contribution in [-0.2, 0) is 19.0 Å². The van der Waals surface area contributed by atoms with Crippen molar-refractivity contribution in [2.45, 2.75) is 11.8 Å². The summed E-state index contributed by atoms with van der Waals surface area (Å²) in [6.07, 6.45) is 2.84. The fraction of sp³-hybridized carbons (Fsp3) is 0.286. The molecule has 1 aromatic rings. The van der Waals surface area contributed by atoms with Gasteiger partial charge in [-0.05, 0) is 12.1 Å². The third-order valence-electron chi connectivity index (χ3n) is 1.62. The minimum absolute atomic E-state index is 0.0724. The first-order valence-corrected chi connectivity index (χ1v) is 7.93. The van der Waals surface area contributed by atoms with E-state index >= 15 is 0 Å². The highest BCUT2D eigenvalue weighted by molar-refractivity contribution is 8.17. The van der Waals surface area contributed by atoms with E-state index in [-0.39, 0.29) is 5.75 Å². The van der Waals surface area contributed by atoms with E-state index in [1.165, 1.54) is 24.5 Å². The summed E-state index contributed by atoms with van der Waals surface area (Å²) >= 11 is 0. The van der Waals surface area contributed by atoms with Gasteiger partial charge in [-0.3, -0.25) is 4.98 Å². The first-order chi connectivity index (χ1) is 6.87. The SMILES string of the molecule is CC[S@](=O)(=NS(=O)(=O)Cl)c1ccncc1. The van der Waals surface area contributed by atoms with Crippen molar-refractivity contribution in [3.63, 3.8) is 0 Å². The molecule has 0 fully saturated rings. The van der Waals surface area contributed by atoms with E-state index in [4.69, 9.17) is 10.7 Å². The number of halogens is 1. The summed E-state index contributed by atoms with van der Waals surface area (Å²) in [6, 6.07) is 2.91. The van der Waals surface area contributed by atoms with Crippen LogP contribution in [-0.4, -0.2) is 23.4 Å². The van der Waals surface area contributed by atoms with Crippen LogP contribution in [0.25, 0.3) is 0 Å². The fourth-order valence-electron chi connectivity index (χ4n) is 0.957. The average molecular weight is 269 g/mol. The van der Waals surface area contributed by atoms with Gasteiger partial charge in [-0.2, -0.15) is 8.42 Å². The summed E-state index contributed by atoms with van der Waals surface area (Å²) in [5.74, 6) is 0.0724. The molecule has 0 aliphatic rings. The summed E-state index contributed by atoms with van der Waals surface area (Å²) in [6.45, 7) is 1.58. The Morgan fingerprint density at radius 2 is 1.87 bits per heavy atom. The predicted molar refractivity (Wildman–Crippen MR) is 58.4 cm³/mol. The molecule has 0 radical (unpaired) electrons. The minimum Gasteiger partial charge on any atom is -0.265 e. The summed E-state index contributed by atoms with van der Waals surface area (Å²) in [5.41, 5.74) is 0. The highest BCUT2D eigenvalue weighted by Gasteiger charge is 2.14. The van der Waals surface area contributed by atoms with E-state index in [1.807, 2.05) is 0 Å². The van der Waals surface area contributed by atoms with E-state index in [1.54, 1.807) is 6.92 Å². The molecule has 0 aromatic carbocycles. The van der Waals surface area contributed by atoms with E-state index in [0.717, 1.165) is 0 Å². The maximum atomic E-state index is 12.1. The van der Waals surface area contributed by atoms with Crippen LogP contribution in [0.4, 0.5) is 0 Å². The molecule has 0 saturated carbocycles. The van der Waals surface area contributed by atoms with Gasteiger partial charge in [0.25, 0.3) is 0 Å². The Kier molecular flexibility index (Phi) is 3.69. The maximum absolute atomic E-state index is 12.1. The van der Waals surface area contributed by atoms with Crippen LogP contribution in [0.2, 0.25) is 0 Å². The monoisotopic (exact) mass is 268 g/mol. The molecule has 1 aromatic heterocycles. The average Bonchev–Trinajstić information content (AvgIpc) is 2.16. The van der Waals surface area contributed by atoms with Crippen molar-refractivity contribution in [1.82, 2.24) is 4.98 Å². The topological polar surface area (TPSA) is 76.5 Å². The van der Waals surface area contributed by atoms with Crippen LogP contribution in [0.15, 0.2) is 33.2 Å². The largest absolute Gasteiger partial charge is 0.347 e. The minimum atomic E-state index is -4.14. The molecule has 1 atom stereocenters. The maximum Gasteiger partial charge on any atom is 0.347 e. The molecule has 1 rings (SSSR count). The van der Waals surface area contributed by atoms with Gasteiger partial charge < -0.3 is 0 Å². The van der Waals surface area contributed by atoms with Gasteiger partial charge in [-0.25, -0.2) is 4.21 Å². The Labute approximate surface area is 93.2 Å². The Morgan fingerprint density at radius 3 is 2.27 bits per heavy atom. The zero-order valence-electron chi connectivity index (χ0n) is 7.83. The number of rotatable bonds is 3. The second kappa shape index (κ2) is 4.46. The summed E-state index contributed by atoms with van der Waals surface area (Å²) in [7, 11) is -2.18. The lowest BCUT2D eigenvalue weighted by atomic mass is 10.5. The van der Waals surface area contributed by atoms with Gasteiger partial charge in [0, 0.05) is 28.8 Å². The summed E-state index contributed by atoms with van der Waals surface area (Å²) in [5, 5.41) is 0. The molecule has 0 amide bonds. The van der Waals surface area contributed by atoms with Gasteiger partial charge in [0.2, 0.25) is 0 Å². The van der Waals surface area contributed by atoms with Crippen molar-refractivity contribution in [1.29, 1.82) is 0 Å². The lowest BCUT2D eigenvalue weighted by molar-refractivity contribution is 0.611. The molecule has 0 saturated heterocycles. The van der Waals surface area contributed by atoms with Crippen LogP contribution < -0.4 is 0 Å². The van der Waals surface area contributed by atoms with Crippen LogP contribution in [0.5, 0.6) is 0 Å². The molecule has 0 aliphatic carbocycles. The van der Waals surface area contributed by atoms with Gasteiger partial charge in [0.05, 0.1) is 14.6 Å². The first kappa shape index (κ1) is 12.4. The highest BCUT2D eigenvalue weighted by Crippen LogP contribution is 2.16. The standard InChI is InChI=1S/C7H9ClN2O3S2/c1-2-14(11,10-15(8,12)13)7-3-5-9-6-4-7/h3-6H,2H2,1H3/t14-/m1/s1. The number of hydrogen-bond acceptors (Lipinski definition) is 4. The van der Waals surface area contributed by atoms with Crippen molar-refractivity contribution in [3.8, 4) is 0 Å². The summed E-state index contributed by atoms with van der Waals surface area (Å²) in [4.78, 5) is 4.05. The number of hydrogen-bond donors (Lipinski definition) is 0. The van der Waals surface area contributed by atoms with Gasteiger partial charge >= 0.3 is 9.24 Å². The molecule has 15 heavy (non-hydrogen) atoms. The zero-order chi connectivity index (χ0) is 11.5. The van der Waals surface area contributed by atoms with Gasteiger partial charge in [-0.15, -0.1) is 0 Å². The second-order valence-corrected chi connectivity index (χ2v) is 7.52. The Hall–Kier alpha value is -0.660. The van der Waals surface area contributed by atoms with E-state index in [9.17, 15) is 12.6 Å². The Morgan fingerprint density at radius 1 is 1.33 bits per heavy atom. The molecule has 0 N–H and O–H groups in total. The van der Waals surface area contributed by atoms with E-state index < -0.39 is 19.0 Å². The van der Waals surface area contributed by atoms with Gasteiger partial charge in [0.1, 0.15) is 0 Å². The van der Waals surface area contributed by atoms with Crippen LogP contribution >= 0.6 is 10.7 Å². The van der Waals surface area contributed by atoms with Gasteiger partial charge in [0.15, 0.2) is 0 Å². The second-order valence-electron chi connectivity index (χ2n) is 2.60. The van der Waals surface area contributed by atoms with Crippen molar-refractivity contribution in [3.05, 3.63) is 24.5 Å². The molecule has 0 spiro atoms. The fourth-order valence-corrected chi connectivity index (χ4v) is 4.57. The van der Waals surface area contributed by atoms with Crippen LogP contribution in [0.3, 0.4) is 0 Å². The number of aromatic nitrogens is 1. The molecule has 8 heteroatoms. The van der Waals surface area contributed by atoms with Crippen molar-refractivity contribution in [2.75, 3.05) is 5.75 Å². The quantitative estimate of drug-likeness (QED) is 0.777.